The summed E-state index contributed by atoms with van der Waals surface area (Å²) in [6.07, 6.45) is 1.76. The molecule has 0 saturated heterocycles. The molecule has 1 atom stereocenters. The lowest BCUT2D eigenvalue weighted by Gasteiger charge is -2.16. The van der Waals surface area contributed by atoms with Crippen LogP contribution in [0, 0.1) is 13.8 Å². The fourth-order valence-electron chi connectivity index (χ4n) is 3.54. The van der Waals surface area contributed by atoms with Gasteiger partial charge in [0.2, 0.25) is 5.88 Å². The maximum atomic E-state index is 12.4. The van der Waals surface area contributed by atoms with Crippen molar-refractivity contribution in [2.75, 3.05) is 6.61 Å². The first-order valence-electron chi connectivity index (χ1n) is 9.66. The van der Waals surface area contributed by atoms with Gasteiger partial charge in [-0.3, -0.25) is 4.79 Å². The van der Waals surface area contributed by atoms with E-state index in [-0.39, 0.29) is 18.6 Å². The van der Waals surface area contributed by atoms with Crippen LogP contribution in [0.1, 0.15) is 29.7 Å². The lowest BCUT2D eigenvalue weighted by molar-refractivity contribution is -0.123. The molecule has 1 aromatic carbocycles. The van der Waals surface area contributed by atoms with Crippen LogP contribution in [0.25, 0.3) is 21.7 Å². The van der Waals surface area contributed by atoms with Crippen molar-refractivity contribution in [3.8, 4) is 16.6 Å². The molecule has 4 rings (SSSR count). The largest absolute Gasteiger partial charge is 0.468 e. The normalized spacial score (nSPS) is 12.1. The number of thiazole rings is 1. The second kappa shape index (κ2) is 8.23. The van der Waals surface area contributed by atoms with Crippen LogP contribution < -0.4 is 10.1 Å². The highest BCUT2D eigenvalue weighted by molar-refractivity contribution is 7.13. The van der Waals surface area contributed by atoms with Gasteiger partial charge in [0.05, 0.1) is 11.4 Å². The number of rotatable bonds is 6. The molecule has 0 aliphatic carbocycles. The second-order valence-corrected chi connectivity index (χ2v) is 8.11. The average molecular weight is 422 g/mol. The predicted molar refractivity (Wildman–Crippen MR) is 118 cm³/mol. The van der Waals surface area contributed by atoms with Crippen molar-refractivity contribution in [2.45, 2.75) is 26.8 Å². The lowest BCUT2D eigenvalue weighted by Crippen LogP contribution is -2.31. The van der Waals surface area contributed by atoms with E-state index >= 15 is 0 Å². The van der Waals surface area contributed by atoms with Gasteiger partial charge in [-0.2, -0.15) is 10.1 Å². The SMILES string of the molecule is Cc1ccccc1C(C)NC(=O)COc1cc(C)c2c(-c3nccs3)nn(C)c2n1. The summed E-state index contributed by atoms with van der Waals surface area (Å²) in [5, 5.41) is 11.3. The number of amides is 1. The van der Waals surface area contributed by atoms with Crippen molar-refractivity contribution < 1.29 is 9.53 Å². The summed E-state index contributed by atoms with van der Waals surface area (Å²) in [6.45, 7) is 5.87. The minimum atomic E-state index is -0.196. The molecule has 0 bridgehead atoms. The van der Waals surface area contributed by atoms with Gasteiger partial charge in [-0.15, -0.1) is 11.3 Å². The number of pyridine rings is 1. The summed E-state index contributed by atoms with van der Waals surface area (Å²) in [4.78, 5) is 21.3. The molecule has 1 unspecified atom stereocenters. The molecule has 0 fully saturated rings. The molecule has 0 spiro atoms. The van der Waals surface area contributed by atoms with Crippen LogP contribution in [0.2, 0.25) is 0 Å². The molecule has 1 N–H and O–H groups in total. The topological polar surface area (TPSA) is 81.9 Å². The van der Waals surface area contributed by atoms with E-state index < -0.39 is 0 Å². The zero-order valence-electron chi connectivity index (χ0n) is 17.3. The molecule has 154 valence electrons. The zero-order chi connectivity index (χ0) is 21.3. The van der Waals surface area contributed by atoms with Gasteiger partial charge in [0.1, 0.15) is 10.7 Å². The third-order valence-corrected chi connectivity index (χ3v) is 5.77. The molecular weight excluding hydrogens is 398 g/mol. The van der Waals surface area contributed by atoms with E-state index in [4.69, 9.17) is 4.74 Å². The third-order valence-electron chi connectivity index (χ3n) is 4.99. The first-order valence-corrected chi connectivity index (χ1v) is 10.5. The Hall–Kier alpha value is -3.26. The quantitative estimate of drug-likeness (QED) is 0.509. The number of hydrogen-bond donors (Lipinski definition) is 1. The number of fused-ring (bicyclic) bond motifs is 1. The third kappa shape index (κ3) is 3.91. The standard InChI is InChI=1S/C22H23N5O2S/c1-13-7-5-6-8-16(13)15(3)24-17(28)12-29-18-11-14(2)19-20(22-23-9-10-30-22)26-27(4)21(19)25-18/h5-11,15H,12H2,1-4H3,(H,24,28). The number of nitrogens with one attached hydrogen (secondary N) is 1. The Bertz CT molecular complexity index is 1200. The molecule has 7 nitrogen and oxygen atoms in total. The number of ether oxygens (including phenoxy) is 1. The van der Waals surface area contributed by atoms with E-state index in [2.05, 4.69) is 20.4 Å². The maximum absolute atomic E-state index is 12.4. The number of hydrogen-bond acceptors (Lipinski definition) is 6. The average Bonchev–Trinajstić information content (AvgIpc) is 3.35. The molecule has 0 aliphatic heterocycles. The van der Waals surface area contributed by atoms with Crippen molar-refractivity contribution in [3.63, 3.8) is 0 Å². The van der Waals surface area contributed by atoms with Gasteiger partial charge in [-0.05, 0) is 37.5 Å². The minimum Gasteiger partial charge on any atom is -0.468 e. The summed E-state index contributed by atoms with van der Waals surface area (Å²) in [5.41, 5.74) is 4.71. The van der Waals surface area contributed by atoms with E-state index in [0.717, 1.165) is 32.8 Å². The molecule has 30 heavy (non-hydrogen) atoms. The molecule has 3 aromatic heterocycles. The van der Waals surface area contributed by atoms with Gasteiger partial charge >= 0.3 is 0 Å². The number of nitrogens with zero attached hydrogens (tertiary/aromatic N) is 4. The van der Waals surface area contributed by atoms with E-state index in [1.165, 1.54) is 11.3 Å². The maximum Gasteiger partial charge on any atom is 0.258 e. The summed E-state index contributed by atoms with van der Waals surface area (Å²) in [6, 6.07) is 9.74. The zero-order valence-corrected chi connectivity index (χ0v) is 18.2. The summed E-state index contributed by atoms with van der Waals surface area (Å²) >= 11 is 1.54. The van der Waals surface area contributed by atoms with Crippen LogP contribution in [-0.2, 0) is 11.8 Å². The van der Waals surface area contributed by atoms with Crippen LogP contribution >= 0.6 is 11.3 Å². The number of carbonyl (C=O) groups excluding carboxylic acids is 1. The lowest BCUT2D eigenvalue weighted by atomic mass is 10.0. The van der Waals surface area contributed by atoms with Gasteiger partial charge in [0.15, 0.2) is 12.3 Å². The van der Waals surface area contributed by atoms with E-state index in [1.54, 1.807) is 10.9 Å². The van der Waals surface area contributed by atoms with Crippen molar-refractivity contribution in [1.29, 1.82) is 0 Å². The fraction of sp³-hybridized carbons (Fsp3) is 0.273. The number of aromatic nitrogens is 4. The Morgan fingerprint density at radius 3 is 2.80 bits per heavy atom. The highest BCUT2D eigenvalue weighted by Crippen LogP contribution is 2.32. The minimum absolute atomic E-state index is 0.0996. The molecule has 0 saturated carbocycles. The van der Waals surface area contributed by atoms with E-state index in [0.29, 0.717) is 11.5 Å². The highest BCUT2D eigenvalue weighted by Gasteiger charge is 2.18. The summed E-state index contributed by atoms with van der Waals surface area (Å²) in [5.74, 6) is 0.200. The Labute approximate surface area is 178 Å². The van der Waals surface area contributed by atoms with Crippen LogP contribution in [0.15, 0.2) is 41.9 Å². The number of benzene rings is 1. The van der Waals surface area contributed by atoms with Crippen LogP contribution in [0.5, 0.6) is 5.88 Å². The van der Waals surface area contributed by atoms with Crippen LogP contribution in [0.4, 0.5) is 0 Å². The molecule has 1 amide bonds. The molecule has 4 aromatic rings. The van der Waals surface area contributed by atoms with Crippen LogP contribution in [0.3, 0.4) is 0 Å². The Morgan fingerprint density at radius 2 is 2.07 bits per heavy atom. The Balaban J connectivity index is 1.49. The molecule has 0 aliphatic rings. The second-order valence-electron chi connectivity index (χ2n) is 7.22. The Morgan fingerprint density at radius 1 is 1.27 bits per heavy atom. The predicted octanol–water partition coefficient (Wildman–Crippen LogP) is 3.96. The van der Waals surface area contributed by atoms with E-state index in [1.807, 2.05) is 63.5 Å². The van der Waals surface area contributed by atoms with Gasteiger partial charge < -0.3 is 10.1 Å². The molecule has 0 radical (unpaired) electrons. The van der Waals surface area contributed by atoms with Crippen LogP contribution in [-0.4, -0.2) is 32.3 Å². The number of aryl methyl sites for hydroxylation is 3. The van der Waals surface area contributed by atoms with Gasteiger partial charge in [-0.25, -0.2) is 9.67 Å². The van der Waals surface area contributed by atoms with Gasteiger partial charge in [-0.1, -0.05) is 24.3 Å². The molecule has 8 heteroatoms. The molecule has 3 heterocycles. The van der Waals surface area contributed by atoms with Crippen molar-refractivity contribution in [1.82, 2.24) is 25.1 Å². The smallest absolute Gasteiger partial charge is 0.258 e. The Kier molecular flexibility index (Phi) is 5.50. The van der Waals surface area contributed by atoms with E-state index in [9.17, 15) is 4.79 Å². The summed E-state index contributed by atoms with van der Waals surface area (Å²) in [7, 11) is 1.84. The number of carbonyl (C=O) groups is 1. The van der Waals surface area contributed by atoms with Crippen molar-refractivity contribution in [2.24, 2.45) is 7.05 Å². The first kappa shape index (κ1) is 20.0. The fourth-order valence-corrected chi connectivity index (χ4v) is 4.16. The van der Waals surface area contributed by atoms with Gasteiger partial charge in [0.25, 0.3) is 5.91 Å². The first-order chi connectivity index (χ1) is 14.4. The van der Waals surface area contributed by atoms with Crippen molar-refractivity contribution in [3.05, 3.63) is 58.6 Å². The summed E-state index contributed by atoms with van der Waals surface area (Å²) < 4.78 is 7.42. The highest BCUT2D eigenvalue weighted by atomic mass is 32.1. The molecular formula is C22H23N5O2S. The van der Waals surface area contributed by atoms with Gasteiger partial charge in [0, 0.05) is 24.7 Å². The monoisotopic (exact) mass is 421 g/mol. The van der Waals surface area contributed by atoms with Crippen molar-refractivity contribution >= 4 is 28.3 Å².